The molecule has 1 amide bonds. The fraction of sp³-hybridized carbons (Fsp3) is 0.0417. The smallest absolute Gasteiger partial charge is 0.296 e. The van der Waals surface area contributed by atoms with Crippen LogP contribution >= 0.6 is 0 Å². The minimum Gasteiger partial charge on any atom is -0.505 e. The number of hydrogen-bond acceptors (Lipinski definition) is 8. The van der Waals surface area contributed by atoms with Gasteiger partial charge in [-0.15, -0.1) is 10.2 Å². The van der Waals surface area contributed by atoms with E-state index in [0.29, 0.717) is 5.56 Å². The molecule has 0 unspecified atom stereocenters. The Bertz CT molecular complexity index is 1790. The Morgan fingerprint density at radius 2 is 1.46 bits per heavy atom. The molecule has 13 heteroatoms. The average molecular weight is 542 g/mol. The molecule has 0 radical (unpaired) electrons. The van der Waals surface area contributed by atoms with Gasteiger partial charge in [-0.3, -0.25) is 13.9 Å². The Balaban J connectivity index is 1.86. The molecule has 0 aliphatic rings. The predicted octanol–water partition coefficient (Wildman–Crippen LogP) is 5.01. The lowest BCUT2D eigenvalue weighted by Crippen LogP contribution is -2.12. The molecule has 0 spiro atoms. The molecule has 11 nitrogen and oxygen atoms in total. The number of amides is 1. The molecule has 0 aliphatic heterocycles. The largest absolute Gasteiger partial charge is 0.505 e. The SMILES string of the molecule is Cc1ccc(N=Nc2ccc3cc(S(=O)(=O)O)cc(NC(=O)c4ccccc4)c3c2O)c(S(=O)(=O)O)c1. The Hall–Kier alpha value is -4.17. The topological polar surface area (TPSA) is 183 Å². The summed E-state index contributed by atoms with van der Waals surface area (Å²) in [5.74, 6) is -1.12. The third-order valence-corrected chi connectivity index (χ3v) is 7.00. The van der Waals surface area contributed by atoms with E-state index in [1.807, 2.05) is 0 Å². The van der Waals surface area contributed by atoms with Crippen LogP contribution in [0.25, 0.3) is 10.8 Å². The summed E-state index contributed by atoms with van der Waals surface area (Å²) in [5, 5.41) is 21.4. The van der Waals surface area contributed by atoms with E-state index < -0.39 is 41.7 Å². The summed E-state index contributed by atoms with van der Waals surface area (Å²) in [5.41, 5.74) is 0.326. The number of aryl methyl sites for hydroxylation is 1. The van der Waals surface area contributed by atoms with Crippen molar-refractivity contribution in [3.63, 3.8) is 0 Å². The van der Waals surface area contributed by atoms with E-state index in [1.54, 1.807) is 31.2 Å². The van der Waals surface area contributed by atoms with Crippen molar-refractivity contribution in [3.8, 4) is 5.75 Å². The van der Waals surface area contributed by atoms with Crippen LogP contribution in [0.15, 0.2) is 92.8 Å². The molecule has 0 aromatic heterocycles. The van der Waals surface area contributed by atoms with Gasteiger partial charge in [-0.05, 0) is 60.3 Å². The summed E-state index contributed by atoms with van der Waals surface area (Å²) in [6.45, 7) is 1.62. The van der Waals surface area contributed by atoms with Crippen molar-refractivity contribution in [1.82, 2.24) is 0 Å². The van der Waals surface area contributed by atoms with Gasteiger partial charge in [-0.25, -0.2) is 0 Å². The molecule has 0 saturated heterocycles. The predicted molar refractivity (Wildman–Crippen MR) is 135 cm³/mol. The summed E-state index contributed by atoms with van der Waals surface area (Å²) < 4.78 is 66.2. The van der Waals surface area contributed by atoms with Crippen molar-refractivity contribution in [2.24, 2.45) is 10.2 Å². The molecular formula is C24H19N3O8S2. The second-order valence-corrected chi connectivity index (χ2v) is 10.8. The van der Waals surface area contributed by atoms with Crippen molar-refractivity contribution in [2.75, 3.05) is 5.32 Å². The minimum atomic E-state index is -4.66. The summed E-state index contributed by atoms with van der Waals surface area (Å²) in [4.78, 5) is 11.8. The van der Waals surface area contributed by atoms with Gasteiger partial charge in [0.05, 0.1) is 10.6 Å². The van der Waals surface area contributed by atoms with Gasteiger partial charge in [-0.2, -0.15) is 16.8 Å². The van der Waals surface area contributed by atoms with Gasteiger partial charge in [0.15, 0.2) is 5.75 Å². The van der Waals surface area contributed by atoms with Gasteiger partial charge < -0.3 is 10.4 Å². The monoisotopic (exact) mass is 541 g/mol. The van der Waals surface area contributed by atoms with Crippen LogP contribution in [0.5, 0.6) is 5.75 Å². The molecule has 4 rings (SSSR count). The highest BCUT2D eigenvalue weighted by molar-refractivity contribution is 7.86. The maximum Gasteiger partial charge on any atom is 0.296 e. The Kier molecular flexibility index (Phi) is 6.80. The molecule has 4 N–H and O–H groups in total. The molecule has 0 heterocycles. The van der Waals surface area contributed by atoms with E-state index in [1.165, 1.54) is 36.4 Å². The number of azo groups is 1. The zero-order valence-electron chi connectivity index (χ0n) is 19.0. The maximum atomic E-state index is 12.8. The maximum absolute atomic E-state index is 12.8. The van der Waals surface area contributed by atoms with Gasteiger partial charge >= 0.3 is 0 Å². The number of phenolic OH excluding ortho intramolecular Hbond substituents is 1. The van der Waals surface area contributed by atoms with Gasteiger partial charge in [0, 0.05) is 10.9 Å². The molecule has 0 bridgehead atoms. The van der Waals surface area contributed by atoms with E-state index in [2.05, 4.69) is 15.5 Å². The first-order chi connectivity index (χ1) is 17.3. The van der Waals surface area contributed by atoms with E-state index in [-0.39, 0.29) is 33.4 Å². The number of anilines is 1. The van der Waals surface area contributed by atoms with Crippen LogP contribution in [-0.4, -0.2) is 37.0 Å². The fourth-order valence-electron chi connectivity index (χ4n) is 3.54. The third-order valence-electron chi connectivity index (χ3n) is 5.28. The van der Waals surface area contributed by atoms with E-state index in [0.717, 1.165) is 12.1 Å². The quantitative estimate of drug-likeness (QED) is 0.194. The highest BCUT2D eigenvalue weighted by Gasteiger charge is 2.20. The van der Waals surface area contributed by atoms with Gasteiger partial charge in [-0.1, -0.05) is 30.3 Å². The van der Waals surface area contributed by atoms with E-state index >= 15 is 0 Å². The number of nitrogens with zero attached hydrogens (tertiary/aromatic N) is 2. The second kappa shape index (κ2) is 9.71. The van der Waals surface area contributed by atoms with E-state index in [9.17, 15) is 35.8 Å². The normalized spacial score (nSPS) is 12.2. The van der Waals surface area contributed by atoms with E-state index in [4.69, 9.17) is 0 Å². The summed E-state index contributed by atoms with van der Waals surface area (Å²) in [7, 11) is -9.28. The van der Waals surface area contributed by atoms with Crippen LogP contribution in [-0.2, 0) is 20.2 Å². The number of carbonyl (C=O) groups excluding carboxylic acids is 1. The number of hydrogen-bond donors (Lipinski definition) is 4. The number of benzene rings is 4. The number of fused-ring (bicyclic) bond motifs is 1. The van der Waals surface area contributed by atoms with Gasteiger partial charge in [0.25, 0.3) is 26.1 Å². The number of aromatic hydroxyl groups is 1. The Labute approximate surface area is 211 Å². The van der Waals surface area contributed by atoms with Crippen LogP contribution in [0.3, 0.4) is 0 Å². The van der Waals surface area contributed by atoms with Crippen LogP contribution in [0.2, 0.25) is 0 Å². The zero-order chi connectivity index (χ0) is 27.0. The van der Waals surface area contributed by atoms with Crippen molar-refractivity contribution in [2.45, 2.75) is 16.7 Å². The molecule has 37 heavy (non-hydrogen) atoms. The Morgan fingerprint density at radius 1 is 0.811 bits per heavy atom. The zero-order valence-corrected chi connectivity index (χ0v) is 20.7. The molecule has 0 fully saturated rings. The third kappa shape index (κ3) is 5.65. The van der Waals surface area contributed by atoms with Crippen LogP contribution in [0.1, 0.15) is 15.9 Å². The van der Waals surface area contributed by atoms with Crippen LogP contribution < -0.4 is 5.32 Å². The molecule has 0 saturated carbocycles. The number of rotatable bonds is 6. The lowest BCUT2D eigenvalue weighted by Gasteiger charge is -2.13. The molecule has 0 aliphatic carbocycles. The first-order valence-electron chi connectivity index (χ1n) is 10.5. The first kappa shape index (κ1) is 25.9. The summed E-state index contributed by atoms with van der Waals surface area (Å²) in [6.07, 6.45) is 0. The van der Waals surface area contributed by atoms with Gasteiger partial charge in [0.1, 0.15) is 16.3 Å². The Morgan fingerprint density at radius 3 is 2.11 bits per heavy atom. The van der Waals surface area contributed by atoms with Gasteiger partial charge in [0.2, 0.25) is 0 Å². The molecule has 4 aromatic rings. The molecule has 190 valence electrons. The summed E-state index contributed by atoms with van der Waals surface area (Å²) >= 11 is 0. The summed E-state index contributed by atoms with van der Waals surface area (Å²) in [6, 6.07) is 16.8. The number of nitrogens with one attached hydrogen (secondary N) is 1. The highest BCUT2D eigenvalue weighted by atomic mass is 32.2. The van der Waals surface area contributed by atoms with Crippen LogP contribution in [0, 0.1) is 6.92 Å². The molecule has 0 atom stereocenters. The fourth-order valence-corrected chi connectivity index (χ4v) is 4.79. The van der Waals surface area contributed by atoms with Crippen molar-refractivity contribution >= 4 is 54.0 Å². The van der Waals surface area contributed by atoms with Crippen molar-refractivity contribution in [3.05, 3.63) is 83.9 Å². The lowest BCUT2D eigenvalue weighted by molar-refractivity contribution is 0.102. The molecule has 4 aromatic carbocycles. The van der Waals surface area contributed by atoms with Crippen molar-refractivity contribution in [1.29, 1.82) is 0 Å². The number of phenols is 1. The standard InChI is InChI=1S/C24H19N3O8S2/c1-14-7-9-18(21(11-14)37(33,34)35)26-27-19-10-8-16-12-17(36(30,31)32)13-20(22(16)23(19)28)25-24(29)15-5-3-2-4-6-15/h2-13,28H,1H3,(H,25,29)(H,30,31,32)(H,33,34,35). The second-order valence-electron chi connectivity index (χ2n) is 7.94. The minimum absolute atomic E-state index is 0.00737. The number of carbonyl (C=O) groups is 1. The molecular weight excluding hydrogens is 522 g/mol. The lowest BCUT2D eigenvalue weighted by atomic mass is 10.1. The average Bonchev–Trinajstić information content (AvgIpc) is 2.83. The van der Waals surface area contributed by atoms with Crippen molar-refractivity contribution < 1.29 is 35.8 Å². The van der Waals surface area contributed by atoms with Crippen LogP contribution in [0.4, 0.5) is 17.1 Å². The highest BCUT2D eigenvalue weighted by Crippen LogP contribution is 2.41. The first-order valence-corrected chi connectivity index (χ1v) is 13.4.